The number of rotatable bonds is 6. The van der Waals surface area contributed by atoms with Crippen LogP contribution in [0.25, 0.3) is 0 Å². The maximum Gasteiger partial charge on any atom is 0.185 e. The molecular formula is C16H28N4S. The Hall–Kier alpha value is -0.650. The largest absolute Gasteiger partial charge is 0.346 e. The lowest BCUT2D eigenvalue weighted by Gasteiger charge is -2.40. The third kappa shape index (κ3) is 3.76. The van der Waals surface area contributed by atoms with E-state index in [1.165, 1.54) is 57.0 Å². The van der Waals surface area contributed by atoms with Crippen LogP contribution < -0.4 is 10.2 Å². The molecule has 0 atom stereocenters. The van der Waals surface area contributed by atoms with Gasteiger partial charge in [0.25, 0.3) is 0 Å². The molecule has 2 heterocycles. The van der Waals surface area contributed by atoms with Crippen LogP contribution in [0.5, 0.6) is 0 Å². The van der Waals surface area contributed by atoms with Crippen molar-refractivity contribution in [2.75, 3.05) is 50.7 Å². The lowest BCUT2D eigenvalue weighted by molar-refractivity contribution is 0.143. The Labute approximate surface area is 132 Å². The summed E-state index contributed by atoms with van der Waals surface area (Å²) in [5.74, 6) is 0. The summed E-state index contributed by atoms with van der Waals surface area (Å²) in [7, 11) is 0. The SMILES string of the molecule is CCNCC1(CN2CCN(c3nccs3)CC2)CCCC1. The van der Waals surface area contributed by atoms with Crippen LogP contribution in [0.15, 0.2) is 11.6 Å². The average molecular weight is 308 g/mol. The van der Waals surface area contributed by atoms with Gasteiger partial charge in [0.05, 0.1) is 0 Å². The summed E-state index contributed by atoms with van der Waals surface area (Å²) in [5, 5.41) is 6.87. The zero-order valence-corrected chi connectivity index (χ0v) is 14.0. The van der Waals surface area contributed by atoms with Crippen LogP contribution in [0, 0.1) is 5.41 Å². The molecule has 1 aliphatic heterocycles. The first-order valence-electron chi connectivity index (χ1n) is 8.39. The lowest BCUT2D eigenvalue weighted by atomic mass is 9.85. The molecule has 1 saturated heterocycles. The minimum atomic E-state index is 0.541. The van der Waals surface area contributed by atoms with Crippen molar-refractivity contribution in [3.05, 3.63) is 11.6 Å². The molecule has 0 aromatic carbocycles. The van der Waals surface area contributed by atoms with Crippen molar-refractivity contribution < 1.29 is 0 Å². The topological polar surface area (TPSA) is 31.4 Å². The van der Waals surface area contributed by atoms with Crippen LogP contribution in [0.3, 0.4) is 0 Å². The Balaban J connectivity index is 1.51. The summed E-state index contributed by atoms with van der Waals surface area (Å²) in [6.07, 6.45) is 7.57. The zero-order valence-electron chi connectivity index (χ0n) is 13.2. The molecule has 0 unspecified atom stereocenters. The maximum atomic E-state index is 4.44. The first-order chi connectivity index (χ1) is 10.3. The minimum absolute atomic E-state index is 0.541. The standard InChI is InChI=1S/C16H28N4S/c1-2-17-13-16(5-3-4-6-16)14-19-8-10-20(11-9-19)15-18-7-12-21-15/h7,12,17H,2-6,8-11,13-14H2,1H3. The highest BCUT2D eigenvalue weighted by Crippen LogP contribution is 2.38. The van der Waals surface area contributed by atoms with Gasteiger partial charge in [0.15, 0.2) is 5.13 Å². The van der Waals surface area contributed by atoms with Gasteiger partial charge in [0.1, 0.15) is 0 Å². The molecular weight excluding hydrogens is 280 g/mol. The Bertz CT molecular complexity index is 406. The van der Waals surface area contributed by atoms with Crippen LogP contribution in [0.4, 0.5) is 5.13 Å². The molecule has 0 bridgehead atoms. The van der Waals surface area contributed by atoms with E-state index in [1.54, 1.807) is 11.3 Å². The van der Waals surface area contributed by atoms with Gasteiger partial charge in [-0.05, 0) is 24.8 Å². The molecule has 3 rings (SSSR count). The molecule has 0 amide bonds. The van der Waals surface area contributed by atoms with Gasteiger partial charge < -0.3 is 10.2 Å². The van der Waals surface area contributed by atoms with Crippen molar-refractivity contribution in [1.82, 2.24) is 15.2 Å². The van der Waals surface area contributed by atoms with Gasteiger partial charge in [-0.25, -0.2) is 4.98 Å². The average Bonchev–Trinajstić information content (AvgIpc) is 3.18. The lowest BCUT2D eigenvalue weighted by Crippen LogP contribution is -2.51. The molecule has 0 radical (unpaired) electrons. The van der Waals surface area contributed by atoms with Gasteiger partial charge in [-0.2, -0.15) is 0 Å². The second kappa shape index (κ2) is 7.07. The Morgan fingerprint density at radius 2 is 2.00 bits per heavy atom. The highest BCUT2D eigenvalue weighted by molar-refractivity contribution is 7.13. The second-order valence-corrected chi connectivity index (χ2v) is 7.44. The smallest absolute Gasteiger partial charge is 0.185 e. The summed E-state index contributed by atoms with van der Waals surface area (Å²) in [5.41, 5.74) is 0.541. The van der Waals surface area contributed by atoms with E-state index >= 15 is 0 Å². The highest BCUT2D eigenvalue weighted by atomic mass is 32.1. The van der Waals surface area contributed by atoms with E-state index in [0.29, 0.717) is 5.41 Å². The number of nitrogens with zero attached hydrogens (tertiary/aromatic N) is 3. The fourth-order valence-corrected chi connectivity index (χ4v) is 4.55. The first-order valence-corrected chi connectivity index (χ1v) is 9.27. The van der Waals surface area contributed by atoms with Crippen molar-refractivity contribution in [2.24, 2.45) is 5.41 Å². The van der Waals surface area contributed by atoms with Gasteiger partial charge in [0, 0.05) is 50.8 Å². The molecule has 21 heavy (non-hydrogen) atoms. The molecule has 1 aliphatic carbocycles. The van der Waals surface area contributed by atoms with E-state index in [9.17, 15) is 0 Å². The van der Waals surface area contributed by atoms with Crippen molar-refractivity contribution in [3.63, 3.8) is 0 Å². The number of hydrogen-bond acceptors (Lipinski definition) is 5. The Morgan fingerprint density at radius 3 is 2.62 bits per heavy atom. The quantitative estimate of drug-likeness (QED) is 0.874. The number of anilines is 1. The fourth-order valence-electron chi connectivity index (χ4n) is 3.85. The van der Waals surface area contributed by atoms with Crippen LogP contribution in [-0.2, 0) is 0 Å². The van der Waals surface area contributed by atoms with Gasteiger partial charge in [-0.1, -0.05) is 19.8 Å². The molecule has 118 valence electrons. The molecule has 2 aliphatic rings. The van der Waals surface area contributed by atoms with E-state index in [1.807, 2.05) is 6.20 Å². The number of hydrogen-bond donors (Lipinski definition) is 1. The first kappa shape index (κ1) is 15.3. The monoisotopic (exact) mass is 308 g/mol. The summed E-state index contributed by atoms with van der Waals surface area (Å²) < 4.78 is 0. The Kier molecular flexibility index (Phi) is 5.14. The van der Waals surface area contributed by atoms with Crippen molar-refractivity contribution in [2.45, 2.75) is 32.6 Å². The van der Waals surface area contributed by atoms with Crippen LogP contribution in [-0.4, -0.2) is 55.7 Å². The summed E-state index contributed by atoms with van der Waals surface area (Å²) in [6, 6.07) is 0. The molecule has 1 N–H and O–H groups in total. The van der Waals surface area contributed by atoms with E-state index < -0.39 is 0 Å². The molecule has 5 heteroatoms. The third-order valence-corrected chi connectivity index (χ3v) is 5.87. The third-order valence-electron chi connectivity index (χ3n) is 5.04. The normalized spacial score (nSPS) is 22.8. The minimum Gasteiger partial charge on any atom is -0.346 e. The molecule has 0 spiro atoms. The van der Waals surface area contributed by atoms with Crippen LogP contribution >= 0.6 is 11.3 Å². The number of piperazine rings is 1. The van der Waals surface area contributed by atoms with Gasteiger partial charge in [-0.15, -0.1) is 11.3 Å². The summed E-state index contributed by atoms with van der Waals surface area (Å²) in [4.78, 5) is 9.56. The van der Waals surface area contributed by atoms with Crippen LogP contribution in [0.1, 0.15) is 32.6 Å². The summed E-state index contributed by atoms with van der Waals surface area (Å²) >= 11 is 1.76. The molecule has 1 aromatic heterocycles. The Morgan fingerprint density at radius 1 is 1.24 bits per heavy atom. The van der Waals surface area contributed by atoms with Gasteiger partial charge in [-0.3, -0.25) is 4.90 Å². The van der Waals surface area contributed by atoms with E-state index in [2.05, 4.69) is 32.4 Å². The van der Waals surface area contributed by atoms with E-state index in [0.717, 1.165) is 19.6 Å². The maximum absolute atomic E-state index is 4.44. The predicted octanol–water partition coefficient (Wildman–Crippen LogP) is 2.43. The van der Waals surface area contributed by atoms with Crippen LogP contribution in [0.2, 0.25) is 0 Å². The zero-order chi connectivity index (χ0) is 14.5. The highest BCUT2D eigenvalue weighted by Gasteiger charge is 2.35. The van der Waals surface area contributed by atoms with Gasteiger partial charge >= 0.3 is 0 Å². The number of thiazole rings is 1. The van der Waals surface area contributed by atoms with E-state index in [4.69, 9.17) is 0 Å². The van der Waals surface area contributed by atoms with Crippen molar-refractivity contribution >= 4 is 16.5 Å². The molecule has 2 fully saturated rings. The van der Waals surface area contributed by atoms with E-state index in [-0.39, 0.29) is 0 Å². The number of nitrogens with one attached hydrogen (secondary N) is 1. The predicted molar refractivity (Wildman–Crippen MR) is 90.2 cm³/mol. The fraction of sp³-hybridized carbons (Fsp3) is 0.812. The molecule has 1 aromatic rings. The van der Waals surface area contributed by atoms with Crippen molar-refractivity contribution in [1.29, 1.82) is 0 Å². The second-order valence-electron chi connectivity index (χ2n) is 6.57. The van der Waals surface area contributed by atoms with Gasteiger partial charge in [0.2, 0.25) is 0 Å². The number of aromatic nitrogens is 1. The molecule has 1 saturated carbocycles. The molecule has 4 nitrogen and oxygen atoms in total. The van der Waals surface area contributed by atoms with Crippen molar-refractivity contribution in [3.8, 4) is 0 Å². The summed E-state index contributed by atoms with van der Waals surface area (Å²) in [6.45, 7) is 10.4.